The monoisotopic (exact) mass is 470 g/mol. The van der Waals surface area contributed by atoms with Crippen molar-refractivity contribution < 1.29 is 22.8 Å². The summed E-state index contributed by atoms with van der Waals surface area (Å²) in [5, 5.41) is 5.63. The van der Waals surface area contributed by atoms with E-state index in [9.17, 15) is 22.8 Å². The van der Waals surface area contributed by atoms with Crippen LogP contribution in [-0.4, -0.2) is 67.6 Å². The lowest BCUT2D eigenvalue weighted by Gasteiger charge is -2.33. The van der Waals surface area contributed by atoms with Gasteiger partial charge in [0.15, 0.2) is 0 Å². The minimum Gasteiger partial charge on any atom is -0.349 e. The lowest BCUT2D eigenvalue weighted by atomic mass is 10.1. The van der Waals surface area contributed by atoms with Crippen LogP contribution in [0.25, 0.3) is 0 Å². The minimum atomic E-state index is -3.80. The van der Waals surface area contributed by atoms with E-state index in [1.807, 2.05) is 0 Å². The van der Waals surface area contributed by atoms with E-state index in [2.05, 4.69) is 10.6 Å². The smallest absolute Gasteiger partial charge is 0.255 e. The zero-order chi connectivity index (χ0) is 23.6. The molecule has 174 valence electrons. The highest BCUT2D eigenvalue weighted by Gasteiger charge is 2.29. The summed E-state index contributed by atoms with van der Waals surface area (Å²) in [5.41, 5.74) is 1.07. The van der Waals surface area contributed by atoms with Crippen LogP contribution in [0.2, 0.25) is 0 Å². The van der Waals surface area contributed by atoms with E-state index >= 15 is 0 Å². The van der Waals surface area contributed by atoms with Gasteiger partial charge < -0.3 is 15.5 Å². The normalized spacial score (nSPS) is 16.8. The van der Waals surface area contributed by atoms with Crippen LogP contribution in [0, 0.1) is 0 Å². The molecule has 1 aliphatic carbocycles. The van der Waals surface area contributed by atoms with Crippen LogP contribution in [0.4, 0.5) is 5.69 Å². The number of nitrogens with zero attached hydrogens (tertiary/aromatic N) is 2. The Balaban J connectivity index is 1.46. The Morgan fingerprint density at radius 2 is 1.52 bits per heavy atom. The first-order chi connectivity index (χ1) is 15.7. The molecule has 0 aromatic heterocycles. The number of sulfonamides is 1. The first-order valence-electron chi connectivity index (χ1n) is 10.8. The van der Waals surface area contributed by atoms with Crippen LogP contribution in [0.1, 0.15) is 40.5 Å². The van der Waals surface area contributed by atoms with Gasteiger partial charge in [-0.2, -0.15) is 4.31 Å². The summed E-state index contributed by atoms with van der Waals surface area (Å²) >= 11 is 0. The summed E-state index contributed by atoms with van der Waals surface area (Å²) < 4.78 is 27.4. The fourth-order valence-corrected chi connectivity index (χ4v) is 5.10. The van der Waals surface area contributed by atoms with Crippen LogP contribution in [0.15, 0.2) is 53.4 Å². The molecule has 1 aliphatic heterocycles. The third-order valence-electron chi connectivity index (χ3n) is 5.71. The van der Waals surface area contributed by atoms with E-state index in [4.69, 9.17) is 0 Å². The lowest BCUT2D eigenvalue weighted by molar-refractivity contribution is -0.129. The predicted molar refractivity (Wildman–Crippen MR) is 122 cm³/mol. The second-order valence-corrected chi connectivity index (χ2v) is 10.2. The van der Waals surface area contributed by atoms with Crippen molar-refractivity contribution in [2.75, 3.05) is 31.5 Å². The maximum Gasteiger partial charge on any atom is 0.255 e. The summed E-state index contributed by atoms with van der Waals surface area (Å²) in [6.07, 6.45) is 1.96. The first-order valence-corrected chi connectivity index (χ1v) is 12.3. The second kappa shape index (κ2) is 9.32. The number of hydrogen-bond donors (Lipinski definition) is 2. The molecule has 0 atom stereocenters. The Morgan fingerprint density at radius 1 is 0.879 bits per heavy atom. The van der Waals surface area contributed by atoms with E-state index in [0.717, 1.165) is 12.8 Å². The number of amides is 3. The average Bonchev–Trinajstić information content (AvgIpc) is 3.63. The largest absolute Gasteiger partial charge is 0.349 e. The van der Waals surface area contributed by atoms with E-state index in [1.165, 1.54) is 35.5 Å². The van der Waals surface area contributed by atoms with Crippen molar-refractivity contribution in [3.05, 3.63) is 59.7 Å². The van der Waals surface area contributed by atoms with Crippen molar-refractivity contribution in [3.8, 4) is 0 Å². The summed E-state index contributed by atoms with van der Waals surface area (Å²) in [5.74, 6) is -0.750. The van der Waals surface area contributed by atoms with Crippen molar-refractivity contribution in [2.24, 2.45) is 0 Å². The van der Waals surface area contributed by atoms with Crippen molar-refractivity contribution in [2.45, 2.75) is 30.7 Å². The van der Waals surface area contributed by atoms with Crippen LogP contribution in [0.5, 0.6) is 0 Å². The van der Waals surface area contributed by atoms with Gasteiger partial charge in [-0.25, -0.2) is 8.42 Å². The van der Waals surface area contributed by atoms with Gasteiger partial charge in [0.05, 0.1) is 4.90 Å². The first kappa shape index (κ1) is 22.9. The third kappa shape index (κ3) is 5.40. The molecule has 2 N–H and O–H groups in total. The third-order valence-corrected chi connectivity index (χ3v) is 7.61. The summed E-state index contributed by atoms with van der Waals surface area (Å²) in [7, 11) is -3.80. The second-order valence-electron chi connectivity index (χ2n) is 8.22. The number of anilines is 1. The van der Waals surface area contributed by atoms with Gasteiger partial charge in [0.1, 0.15) is 0 Å². The highest BCUT2D eigenvalue weighted by molar-refractivity contribution is 7.89. The number of piperazine rings is 1. The van der Waals surface area contributed by atoms with Gasteiger partial charge in [-0.3, -0.25) is 14.4 Å². The molecular formula is C23H26N4O5S. The number of carbonyl (C=O) groups excluding carboxylic acids is 3. The standard InChI is InChI=1S/C23H26N4O5S/c1-16(28)26-10-12-27(13-11-26)33(31,32)21-7-3-5-18(15-21)23(30)25-20-6-2-4-17(14-20)22(29)24-19-8-9-19/h2-7,14-15,19H,8-13H2,1H3,(H,24,29)(H,25,30). The molecule has 3 amide bonds. The Kier molecular flexibility index (Phi) is 6.48. The summed E-state index contributed by atoms with van der Waals surface area (Å²) in [6, 6.07) is 12.7. The fraction of sp³-hybridized carbons (Fsp3) is 0.348. The molecule has 2 aromatic carbocycles. The Bertz CT molecular complexity index is 1180. The van der Waals surface area contributed by atoms with Gasteiger partial charge in [0, 0.05) is 56.0 Å². The molecule has 1 saturated heterocycles. The molecular weight excluding hydrogens is 444 g/mol. The number of carbonyl (C=O) groups is 3. The van der Waals surface area contributed by atoms with Gasteiger partial charge in [-0.15, -0.1) is 0 Å². The quantitative estimate of drug-likeness (QED) is 0.667. The molecule has 9 nitrogen and oxygen atoms in total. The summed E-state index contributed by atoms with van der Waals surface area (Å²) in [6.45, 7) is 2.53. The molecule has 0 bridgehead atoms. The van der Waals surface area contributed by atoms with Crippen molar-refractivity contribution in [3.63, 3.8) is 0 Å². The van der Waals surface area contributed by atoms with E-state index in [1.54, 1.807) is 29.2 Å². The van der Waals surface area contributed by atoms with E-state index in [0.29, 0.717) is 24.3 Å². The van der Waals surface area contributed by atoms with Gasteiger partial charge in [0.2, 0.25) is 15.9 Å². The maximum absolute atomic E-state index is 13.1. The van der Waals surface area contributed by atoms with Crippen molar-refractivity contribution >= 4 is 33.4 Å². The van der Waals surface area contributed by atoms with Crippen LogP contribution >= 0.6 is 0 Å². The van der Waals surface area contributed by atoms with E-state index < -0.39 is 15.9 Å². The average molecular weight is 471 g/mol. The Morgan fingerprint density at radius 3 is 2.15 bits per heavy atom. The molecule has 33 heavy (non-hydrogen) atoms. The molecule has 2 aliphatic rings. The summed E-state index contributed by atoms with van der Waals surface area (Å²) in [4.78, 5) is 38.2. The number of benzene rings is 2. The van der Waals surface area contributed by atoms with Crippen molar-refractivity contribution in [1.82, 2.24) is 14.5 Å². The SMILES string of the molecule is CC(=O)N1CCN(S(=O)(=O)c2cccc(C(=O)Nc3cccc(C(=O)NC4CC4)c3)c2)CC1. The molecule has 0 radical (unpaired) electrons. The van der Waals surface area contributed by atoms with Gasteiger partial charge in [-0.1, -0.05) is 12.1 Å². The number of rotatable bonds is 6. The Labute approximate surface area is 192 Å². The van der Waals surface area contributed by atoms with Crippen molar-refractivity contribution in [1.29, 1.82) is 0 Å². The Hall–Kier alpha value is -3.24. The van der Waals surface area contributed by atoms with Crippen LogP contribution in [0.3, 0.4) is 0 Å². The van der Waals surface area contributed by atoms with Gasteiger partial charge in [0.25, 0.3) is 11.8 Å². The highest BCUT2D eigenvalue weighted by atomic mass is 32.2. The minimum absolute atomic E-state index is 0.0176. The molecule has 1 saturated carbocycles. The predicted octanol–water partition coefficient (Wildman–Crippen LogP) is 1.68. The van der Waals surface area contributed by atoms with Gasteiger partial charge in [-0.05, 0) is 49.2 Å². The van der Waals surface area contributed by atoms with E-state index in [-0.39, 0.29) is 41.4 Å². The molecule has 0 unspecified atom stereocenters. The number of nitrogens with one attached hydrogen (secondary N) is 2. The molecule has 4 rings (SSSR count). The number of hydrogen-bond acceptors (Lipinski definition) is 5. The zero-order valence-electron chi connectivity index (χ0n) is 18.3. The fourth-order valence-electron chi connectivity index (χ4n) is 3.63. The lowest BCUT2D eigenvalue weighted by Crippen LogP contribution is -2.49. The zero-order valence-corrected chi connectivity index (χ0v) is 19.1. The topological polar surface area (TPSA) is 116 Å². The van der Waals surface area contributed by atoms with Crippen LogP contribution in [-0.2, 0) is 14.8 Å². The molecule has 0 spiro atoms. The highest BCUT2D eigenvalue weighted by Crippen LogP contribution is 2.21. The van der Waals surface area contributed by atoms with Gasteiger partial charge >= 0.3 is 0 Å². The van der Waals surface area contributed by atoms with Crippen LogP contribution < -0.4 is 10.6 Å². The molecule has 2 aromatic rings. The molecule has 1 heterocycles. The molecule has 10 heteroatoms. The maximum atomic E-state index is 13.1. The molecule has 2 fully saturated rings.